The number of carbonyl (C=O) groups excluding carboxylic acids is 2. The normalized spacial score (nSPS) is 13.8. The molecule has 5 rings (SSSR count). The number of esters is 1. The number of halogens is 4. The molecule has 2 aromatic carbocycles. The molecule has 1 aliphatic heterocycles. The highest BCUT2D eigenvalue weighted by Crippen LogP contribution is 2.38. The molecule has 1 saturated heterocycles. The number of aromatic nitrogens is 2. The molecule has 4 aromatic rings. The summed E-state index contributed by atoms with van der Waals surface area (Å²) in [4.78, 5) is 34.9. The van der Waals surface area contributed by atoms with Crippen LogP contribution in [0.5, 0.6) is 17.2 Å². The van der Waals surface area contributed by atoms with Crippen LogP contribution >= 0.6 is 23.1 Å². The van der Waals surface area contributed by atoms with Crippen LogP contribution in [0.1, 0.15) is 24.5 Å². The molecule has 3 heterocycles. The first-order valence-electron chi connectivity index (χ1n) is 13.1. The van der Waals surface area contributed by atoms with E-state index in [0.29, 0.717) is 41.0 Å². The summed E-state index contributed by atoms with van der Waals surface area (Å²) in [7, 11) is 1.59. The minimum Gasteiger partial charge on any atom is -0.497 e. The first-order chi connectivity index (χ1) is 21.1. The first kappa shape index (κ1) is 31.1. The zero-order valence-corrected chi connectivity index (χ0v) is 24.6. The minimum absolute atomic E-state index is 0.0614. The summed E-state index contributed by atoms with van der Waals surface area (Å²) in [6, 6.07) is 14.9. The van der Waals surface area contributed by atoms with Gasteiger partial charge in [0.15, 0.2) is 16.7 Å². The summed E-state index contributed by atoms with van der Waals surface area (Å²) >= 11 is 2.78. The maximum atomic E-state index is 13.5. The van der Waals surface area contributed by atoms with Gasteiger partial charge < -0.3 is 24.4 Å². The second kappa shape index (κ2) is 13.5. The summed E-state index contributed by atoms with van der Waals surface area (Å²) in [5.41, 5.74) is 0.739. The number of hydrogen-bond donors (Lipinski definition) is 1. The van der Waals surface area contributed by atoms with Gasteiger partial charge in [0.2, 0.25) is 0 Å². The van der Waals surface area contributed by atoms with Crippen molar-refractivity contribution in [2.75, 3.05) is 25.5 Å². The molecule has 0 radical (unpaired) electrons. The predicted molar refractivity (Wildman–Crippen MR) is 154 cm³/mol. The highest BCUT2D eigenvalue weighted by atomic mass is 32.2. The Labute approximate surface area is 257 Å². The number of hydrogen-bond acceptors (Lipinski definition) is 10. The molecule has 1 N–H and O–H groups in total. The van der Waals surface area contributed by atoms with Gasteiger partial charge in [0.25, 0.3) is 0 Å². The number of amides is 1. The lowest BCUT2D eigenvalue weighted by atomic mass is 9.94. The number of pyridine rings is 1. The van der Waals surface area contributed by atoms with E-state index < -0.39 is 24.1 Å². The van der Waals surface area contributed by atoms with E-state index in [1.54, 1.807) is 19.4 Å². The second-order valence-corrected chi connectivity index (χ2v) is 11.5. The highest BCUT2D eigenvalue weighted by molar-refractivity contribution is 7.99. The van der Waals surface area contributed by atoms with Crippen molar-refractivity contribution >= 4 is 46.1 Å². The molecule has 0 aliphatic carbocycles. The van der Waals surface area contributed by atoms with E-state index >= 15 is 0 Å². The van der Waals surface area contributed by atoms with Crippen LogP contribution in [0.25, 0.3) is 0 Å². The number of alkyl halides is 3. The molecule has 44 heavy (non-hydrogen) atoms. The highest BCUT2D eigenvalue weighted by Gasteiger charge is 2.43. The van der Waals surface area contributed by atoms with Gasteiger partial charge in [-0.1, -0.05) is 17.8 Å². The van der Waals surface area contributed by atoms with Crippen molar-refractivity contribution in [3.8, 4) is 17.2 Å². The Morgan fingerprint density at radius 3 is 2.50 bits per heavy atom. The topological polar surface area (TPSA) is 103 Å². The number of piperidine rings is 1. The lowest BCUT2D eigenvalue weighted by Crippen LogP contribution is -2.41. The Balaban J connectivity index is 1.27. The van der Waals surface area contributed by atoms with Crippen LogP contribution < -0.4 is 14.8 Å². The summed E-state index contributed by atoms with van der Waals surface area (Å²) in [6.07, 6.45) is -4.04. The van der Waals surface area contributed by atoms with Crippen LogP contribution in [0.3, 0.4) is 0 Å². The van der Waals surface area contributed by atoms with Gasteiger partial charge in [-0.3, -0.25) is 0 Å². The van der Waals surface area contributed by atoms with Crippen LogP contribution in [0.4, 0.5) is 33.3 Å². The summed E-state index contributed by atoms with van der Waals surface area (Å²) < 4.78 is 66.0. The Hall–Kier alpha value is -4.37. The lowest BCUT2D eigenvalue weighted by molar-refractivity contribution is -0.193. The number of likely N-dealkylation sites (tertiary alicyclic amines) is 1. The second-order valence-electron chi connectivity index (χ2n) is 9.47. The fourth-order valence-electron chi connectivity index (χ4n) is 4.28. The zero-order valence-electron chi connectivity index (χ0n) is 23.0. The van der Waals surface area contributed by atoms with Crippen molar-refractivity contribution in [3.63, 3.8) is 0 Å². The molecule has 1 amide bonds. The average Bonchev–Trinajstić information content (AvgIpc) is 3.48. The Morgan fingerprint density at radius 2 is 1.80 bits per heavy atom. The molecule has 230 valence electrons. The molecule has 0 atom stereocenters. The summed E-state index contributed by atoms with van der Waals surface area (Å²) in [5, 5.41) is 5.54. The van der Waals surface area contributed by atoms with Crippen molar-refractivity contribution in [1.82, 2.24) is 14.9 Å². The fourth-order valence-corrected chi connectivity index (χ4v) is 5.93. The Bertz CT molecular complexity index is 1630. The molecule has 1 aliphatic rings. The number of nitrogens with one attached hydrogen (secondary N) is 1. The van der Waals surface area contributed by atoms with Gasteiger partial charge in [0, 0.05) is 46.4 Å². The van der Waals surface area contributed by atoms with Crippen LogP contribution in [0.2, 0.25) is 0 Å². The third kappa shape index (κ3) is 7.96. The standard InChI is InChI=1S/C29H24F4N4O5S2/c1-40-20-3-2-4-21(13-20)44-22-14-24(41-19-7-5-18(30)6-8-19)25(34-15-22)36-27-35-23(16-43-27)17-9-11-37(12-10-17)28(39)42-26(38)29(31,32)33/h2-8,13-17H,9-12H2,1H3,(H,34,35,36). The van der Waals surface area contributed by atoms with Crippen LogP contribution in [-0.2, 0) is 9.53 Å². The molecular formula is C29H24F4N4O5S2. The molecule has 2 aromatic heterocycles. The van der Waals surface area contributed by atoms with Gasteiger partial charge in [0.05, 0.1) is 12.8 Å². The molecule has 0 bridgehead atoms. The van der Waals surface area contributed by atoms with Crippen molar-refractivity contribution in [1.29, 1.82) is 0 Å². The lowest BCUT2D eigenvalue weighted by Gasteiger charge is -2.30. The van der Waals surface area contributed by atoms with Crippen LogP contribution in [-0.4, -0.2) is 53.3 Å². The van der Waals surface area contributed by atoms with E-state index in [0.717, 1.165) is 20.4 Å². The monoisotopic (exact) mass is 648 g/mol. The fraction of sp³-hybridized carbons (Fsp3) is 0.241. The number of ether oxygens (including phenoxy) is 3. The average molecular weight is 649 g/mol. The molecule has 0 unspecified atom stereocenters. The van der Waals surface area contributed by atoms with Crippen molar-refractivity contribution in [3.05, 3.63) is 77.7 Å². The zero-order chi connectivity index (χ0) is 31.3. The smallest absolute Gasteiger partial charge is 0.491 e. The van der Waals surface area contributed by atoms with Gasteiger partial charge in [0.1, 0.15) is 17.3 Å². The minimum atomic E-state index is -5.24. The van der Waals surface area contributed by atoms with Gasteiger partial charge >= 0.3 is 18.2 Å². The number of nitrogens with zero attached hydrogens (tertiary/aromatic N) is 3. The number of methoxy groups -OCH3 is 1. The maximum absolute atomic E-state index is 13.5. The number of benzene rings is 2. The van der Waals surface area contributed by atoms with Crippen molar-refractivity contribution < 1.29 is 41.4 Å². The third-order valence-electron chi connectivity index (χ3n) is 6.48. The van der Waals surface area contributed by atoms with Gasteiger partial charge in [-0.2, -0.15) is 13.2 Å². The first-order valence-corrected chi connectivity index (χ1v) is 14.8. The number of rotatable bonds is 8. The third-order valence-corrected chi connectivity index (χ3v) is 8.20. The molecule has 0 spiro atoms. The predicted octanol–water partition coefficient (Wildman–Crippen LogP) is 7.78. The van der Waals surface area contributed by atoms with Crippen molar-refractivity contribution in [2.45, 2.75) is 34.7 Å². The van der Waals surface area contributed by atoms with Gasteiger partial charge in [-0.05, 0) is 55.3 Å². The molecule has 9 nitrogen and oxygen atoms in total. The van der Waals surface area contributed by atoms with E-state index in [2.05, 4.69) is 20.0 Å². The van der Waals surface area contributed by atoms with Crippen LogP contribution in [0, 0.1) is 5.82 Å². The van der Waals surface area contributed by atoms with Crippen molar-refractivity contribution in [2.24, 2.45) is 0 Å². The van der Waals surface area contributed by atoms with E-state index in [1.165, 1.54) is 47.4 Å². The number of carbonyl (C=O) groups is 2. The van der Waals surface area contributed by atoms with E-state index in [-0.39, 0.29) is 19.0 Å². The molecule has 15 heteroatoms. The quantitative estimate of drug-likeness (QED) is 0.117. The maximum Gasteiger partial charge on any atom is 0.491 e. The number of anilines is 2. The van der Waals surface area contributed by atoms with E-state index in [4.69, 9.17) is 9.47 Å². The Morgan fingerprint density at radius 1 is 1.05 bits per heavy atom. The molecule has 0 saturated carbocycles. The van der Waals surface area contributed by atoms with Gasteiger partial charge in [-0.15, -0.1) is 11.3 Å². The van der Waals surface area contributed by atoms with E-state index in [1.807, 2.05) is 29.6 Å². The Kier molecular flexibility index (Phi) is 9.54. The SMILES string of the molecule is COc1cccc(Sc2cnc(Nc3nc(C4CCN(C(=O)OC(=O)C(F)(F)F)CC4)cs3)c(Oc3ccc(F)cc3)c2)c1. The molecule has 1 fully saturated rings. The van der Waals surface area contributed by atoms with Crippen LogP contribution in [0.15, 0.2) is 76.0 Å². The summed E-state index contributed by atoms with van der Waals surface area (Å²) in [5.74, 6) is -1.13. The van der Waals surface area contributed by atoms with E-state index in [9.17, 15) is 27.2 Å². The number of thiazole rings is 1. The largest absolute Gasteiger partial charge is 0.497 e. The summed E-state index contributed by atoms with van der Waals surface area (Å²) in [6.45, 7) is 0.219. The molecular weight excluding hydrogens is 624 g/mol. The van der Waals surface area contributed by atoms with Gasteiger partial charge in [-0.25, -0.2) is 23.9 Å².